The van der Waals surface area contributed by atoms with Crippen LogP contribution in [0.2, 0.25) is 0 Å². The summed E-state index contributed by atoms with van der Waals surface area (Å²) in [4.78, 5) is 7.27. The third kappa shape index (κ3) is 2.75. The highest BCUT2D eigenvalue weighted by Gasteiger charge is 1.98. The maximum atomic E-state index is 12.7. The van der Waals surface area contributed by atoms with E-state index in [2.05, 4.69) is 20.4 Å². The van der Waals surface area contributed by atoms with Gasteiger partial charge in [-0.3, -0.25) is 4.68 Å². The number of rotatable bonds is 4. The zero-order chi connectivity index (χ0) is 11.4. The van der Waals surface area contributed by atoms with Crippen LogP contribution in [0.1, 0.15) is 5.56 Å². The summed E-state index contributed by atoms with van der Waals surface area (Å²) in [6, 6.07) is 1.27. The van der Waals surface area contributed by atoms with Crippen LogP contribution >= 0.6 is 0 Å². The summed E-state index contributed by atoms with van der Waals surface area (Å²) < 4.78 is 14.5. The lowest BCUT2D eigenvalue weighted by molar-refractivity contribution is 0.580. The van der Waals surface area contributed by atoms with Crippen molar-refractivity contribution >= 4 is 5.82 Å². The molecule has 0 bridgehead atoms. The van der Waals surface area contributed by atoms with E-state index in [1.807, 2.05) is 19.4 Å². The molecular weight excluding hydrogens is 209 g/mol. The molecule has 0 aliphatic heterocycles. The van der Waals surface area contributed by atoms with Crippen molar-refractivity contribution in [2.24, 2.45) is 7.05 Å². The lowest BCUT2D eigenvalue weighted by Gasteiger charge is -2.03. The van der Waals surface area contributed by atoms with Gasteiger partial charge in [0, 0.05) is 25.9 Å². The highest BCUT2D eigenvalue weighted by Crippen LogP contribution is 2.03. The molecule has 2 aromatic heterocycles. The number of halogens is 1. The minimum absolute atomic E-state index is 0.497. The first kappa shape index (κ1) is 10.5. The minimum atomic E-state index is -0.529. The van der Waals surface area contributed by atoms with Crippen LogP contribution in [-0.4, -0.2) is 26.3 Å². The molecule has 0 amide bonds. The summed E-state index contributed by atoms with van der Waals surface area (Å²) in [7, 11) is 1.87. The smallest absolute Gasteiger partial charge is 0.217 e. The van der Waals surface area contributed by atoms with E-state index in [1.54, 1.807) is 4.68 Å². The fourth-order valence-electron chi connectivity index (χ4n) is 1.37. The molecule has 2 rings (SSSR count). The second-order valence-electron chi connectivity index (χ2n) is 3.43. The number of nitrogens with zero attached hydrogens (tertiary/aromatic N) is 4. The molecule has 0 saturated carbocycles. The number of aromatic nitrogens is 4. The number of aryl methyl sites for hydroxylation is 1. The van der Waals surface area contributed by atoms with Gasteiger partial charge in [0.05, 0.1) is 6.20 Å². The summed E-state index contributed by atoms with van der Waals surface area (Å²) in [6.07, 6.45) is 5.77. The molecule has 0 atom stereocenters. The first-order chi connectivity index (χ1) is 7.74. The second-order valence-corrected chi connectivity index (χ2v) is 3.43. The largest absolute Gasteiger partial charge is 0.370 e. The Morgan fingerprint density at radius 1 is 1.44 bits per heavy atom. The summed E-state index contributed by atoms with van der Waals surface area (Å²) >= 11 is 0. The van der Waals surface area contributed by atoms with Crippen molar-refractivity contribution in [2.45, 2.75) is 6.42 Å². The Balaban J connectivity index is 1.84. The van der Waals surface area contributed by atoms with Crippen molar-refractivity contribution in [3.05, 3.63) is 36.3 Å². The van der Waals surface area contributed by atoms with E-state index in [9.17, 15) is 4.39 Å². The van der Waals surface area contributed by atoms with Gasteiger partial charge >= 0.3 is 0 Å². The average molecular weight is 221 g/mol. The molecule has 0 saturated heterocycles. The highest BCUT2D eigenvalue weighted by atomic mass is 19.1. The second kappa shape index (κ2) is 4.69. The number of anilines is 1. The quantitative estimate of drug-likeness (QED) is 0.783. The molecule has 5 nitrogen and oxygen atoms in total. The monoisotopic (exact) mass is 221 g/mol. The number of hydrogen-bond donors (Lipinski definition) is 1. The van der Waals surface area contributed by atoms with Gasteiger partial charge in [0.1, 0.15) is 12.1 Å². The van der Waals surface area contributed by atoms with Crippen molar-refractivity contribution < 1.29 is 4.39 Å². The maximum Gasteiger partial charge on any atom is 0.217 e. The molecule has 0 fully saturated rings. The van der Waals surface area contributed by atoms with Crippen LogP contribution < -0.4 is 5.32 Å². The Hall–Kier alpha value is -1.98. The van der Waals surface area contributed by atoms with Crippen LogP contribution in [0.25, 0.3) is 0 Å². The molecule has 2 aromatic rings. The average Bonchev–Trinajstić information content (AvgIpc) is 2.64. The van der Waals surface area contributed by atoms with E-state index >= 15 is 0 Å². The minimum Gasteiger partial charge on any atom is -0.370 e. The van der Waals surface area contributed by atoms with Crippen LogP contribution in [0.5, 0.6) is 0 Å². The van der Waals surface area contributed by atoms with E-state index in [-0.39, 0.29) is 0 Å². The Bertz CT molecular complexity index is 468. The normalized spacial score (nSPS) is 10.4. The molecule has 2 heterocycles. The van der Waals surface area contributed by atoms with Gasteiger partial charge in [0.25, 0.3) is 0 Å². The zero-order valence-electron chi connectivity index (χ0n) is 8.89. The van der Waals surface area contributed by atoms with Crippen LogP contribution in [0, 0.1) is 5.95 Å². The van der Waals surface area contributed by atoms with Crippen LogP contribution in [-0.2, 0) is 13.5 Å². The standard InChI is InChI=1S/C10H12FN5/c1-16-6-8(5-15-16)2-3-12-10-4-9(11)13-7-14-10/h4-7H,2-3H2,1H3,(H,12,13,14). The highest BCUT2D eigenvalue weighted by molar-refractivity contribution is 5.32. The van der Waals surface area contributed by atoms with Gasteiger partial charge in [-0.1, -0.05) is 0 Å². The van der Waals surface area contributed by atoms with Gasteiger partial charge in [-0.2, -0.15) is 9.49 Å². The van der Waals surface area contributed by atoms with E-state index in [0.29, 0.717) is 12.4 Å². The summed E-state index contributed by atoms with van der Waals surface area (Å²) in [5.41, 5.74) is 1.13. The van der Waals surface area contributed by atoms with Crippen LogP contribution in [0.3, 0.4) is 0 Å². The molecule has 0 spiro atoms. The topological polar surface area (TPSA) is 55.6 Å². The molecule has 0 aromatic carbocycles. The third-order valence-corrected chi connectivity index (χ3v) is 2.11. The Morgan fingerprint density at radius 3 is 3.00 bits per heavy atom. The molecule has 6 heteroatoms. The van der Waals surface area contributed by atoms with Gasteiger partial charge in [-0.05, 0) is 12.0 Å². The molecule has 1 N–H and O–H groups in total. The summed E-state index contributed by atoms with van der Waals surface area (Å²) in [6.45, 7) is 0.683. The van der Waals surface area contributed by atoms with Crippen molar-refractivity contribution in [1.29, 1.82) is 0 Å². The Kier molecular flexibility index (Phi) is 3.09. The van der Waals surface area contributed by atoms with E-state index in [4.69, 9.17) is 0 Å². The lowest BCUT2D eigenvalue weighted by Crippen LogP contribution is -2.06. The predicted octanol–water partition coefficient (Wildman–Crippen LogP) is 1.00. The molecule has 0 unspecified atom stereocenters. The molecule has 16 heavy (non-hydrogen) atoms. The van der Waals surface area contributed by atoms with E-state index < -0.39 is 5.95 Å². The summed E-state index contributed by atoms with van der Waals surface area (Å²) in [5, 5.41) is 7.07. The van der Waals surface area contributed by atoms with Crippen molar-refractivity contribution in [1.82, 2.24) is 19.7 Å². The van der Waals surface area contributed by atoms with Gasteiger partial charge in [0.15, 0.2) is 0 Å². The van der Waals surface area contributed by atoms with Gasteiger partial charge in [-0.15, -0.1) is 0 Å². The molecule has 84 valence electrons. The van der Waals surface area contributed by atoms with Crippen molar-refractivity contribution in [3.63, 3.8) is 0 Å². The van der Waals surface area contributed by atoms with Crippen LogP contribution in [0.4, 0.5) is 10.2 Å². The number of hydrogen-bond acceptors (Lipinski definition) is 4. The van der Waals surface area contributed by atoms with Crippen molar-refractivity contribution in [2.75, 3.05) is 11.9 Å². The van der Waals surface area contributed by atoms with Gasteiger partial charge < -0.3 is 5.32 Å². The SMILES string of the molecule is Cn1cc(CCNc2cc(F)ncn2)cn1. The Labute approximate surface area is 92.3 Å². The molecule has 0 aliphatic rings. The first-order valence-corrected chi connectivity index (χ1v) is 4.93. The fourth-order valence-corrected chi connectivity index (χ4v) is 1.37. The van der Waals surface area contributed by atoms with Crippen molar-refractivity contribution in [3.8, 4) is 0 Å². The summed E-state index contributed by atoms with van der Waals surface area (Å²) in [5.74, 6) is -0.0322. The lowest BCUT2D eigenvalue weighted by atomic mass is 10.2. The molecule has 0 aliphatic carbocycles. The first-order valence-electron chi connectivity index (χ1n) is 4.93. The number of nitrogens with one attached hydrogen (secondary N) is 1. The van der Waals surface area contributed by atoms with E-state index in [0.717, 1.165) is 12.0 Å². The van der Waals surface area contributed by atoms with E-state index in [1.165, 1.54) is 12.4 Å². The predicted molar refractivity (Wildman–Crippen MR) is 57.4 cm³/mol. The Morgan fingerprint density at radius 2 is 2.31 bits per heavy atom. The fraction of sp³-hybridized carbons (Fsp3) is 0.300. The third-order valence-electron chi connectivity index (χ3n) is 2.11. The molecule has 0 radical (unpaired) electrons. The zero-order valence-corrected chi connectivity index (χ0v) is 8.89. The van der Waals surface area contributed by atoms with Gasteiger partial charge in [-0.25, -0.2) is 9.97 Å². The van der Waals surface area contributed by atoms with Crippen LogP contribution in [0.15, 0.2) is 24.8 Å². The van der Waals surface area contributed by atoms with Gasteiger partial charge in [0.2, 0.25) is 5.95 Å². The molecular formula is C10H12FN5. The maximum absolute atomic E-state index is 12.7.